The molecule has 0 amide bonds. The first-order valence-corrected chi connectivity index (χ1v) is 6.77. The number of hydrogen-bond donors (Lipinski definition) is 1. The van der Waals surface area contributed by atoms with E-state index in [1.54, 1.807) is 0 Å². The van der Waals surface area contributed by atoms with Crippen LogP contribution in [-0.2, 0) is 9.53 Å². The number of halogens is 3. The number of ether oxygens (including phenoxy) is 1. The van der Waals surface area contributed by atoms with Gasteiger partial charge in [0.25, 0.3) is 0 Å². The Morgan fingerprint density at radius 1 is 1.45 bits per heavy atom. The summed E-state index contributed by atoms with van der Waals surface area (Å²) in [6, 6.07) is 0. The maximum atomic E-state index is 11.9. The standard InChI is InChI=1S/C13H22F3NO3/c1-10(2)12(11(18)19)4-6-17(8-12)5-3-7-20-9-13(14,15)16/h10H,3-9H2,1-2H3,(H,18,19). The monoisotopic (exact) mass is 297 g/mol. The molecule has 0 aromatic carbocycles. The summed E-state index contributed by atoms with van der Waals surface area (Å²) in [5.41, 5.74) is -0.729. The number of rotatable bonds is 7. The molecule has 118 valence electrons. The lowest BCUT2D eigenvalue weighted by molar-refractivity contribution is -0.174. The van der Waals surface area contributed by atoms with E-state index in [1.807, 2.05) is 18.7 Å². The second-order valence-electron chi connectivity index (χ2n) is 5.66. The van der Waals surface area contributed by atoms with Gasteiger partial charge in [0.15, 0.2) is 0 Å². The van der Waals surface area contributed by atoms with Gasteiger partial charge < -0.3 is 14.7 Å². The van der Waals surface area contributed by atoms with E-state index in [0.29, 0.717) is 32.5 Å². The van der Waals surface area contributed by atoms with Crippen LogP contribution in [0.2, 0.25) is 0 Å². The maximum absolute atomic E-state index is 11.9. The number of alkyl halides is 3. The van der Waals surface area contributed by atoms with Crippen molar-refractivity contribution < 1.29 is 27.8 Å². The highest BCUT2D eigenvalue weighted by Crippen LogP contribution is 2.38. The molecule has 7 heteroatoms. The van der Waals surface area contributed by atoms with Crippen molar-refractivity contribution in [3.8, 4) is 0 Å². The Morgan fingerprint density at radius 2 is 2.10 bits per heavy atom. The van der Waals surface area contributed by atoms with E-state index >= 15 is 0 Å². The van der Waals surface area contributed by atoms with Crippen LogP contribution in [0.1, 0.15) is 26.7 Å². The number of hydrogen-bond acceptors (Lipinski definition) is 3. The van der Waals surface area contributed by atoms with Gasteiger partial charge in [0.1, 0.15) is 6.61 Å². The molecule has 4 nitrogen and oxygen atoms in total. The summed E-state index contributed by atoms with van der Waals surface area (Å²) in [6.45, 7) is 4.30. The van der Waals surface area contributed by atoms with Gasteiger partial charge in [-0.1, -0.05) is 13.8 Å². The van der Waals surface area contributed by atoms with Gasteiger partial charge in [-0.2, -0.15) is 13.2 Å². The van der Waals surface area contributed by atoms with Crippen LogP contribution in [0.25, 0.3) is 0 Å². The highest BCUT2D eigenvalue weighted by molar-refractivity contribution is 5.75. The molecule has 1 aliphatic heterocycles. The van der Waals surface area contributed by atoms with Gasteiger partial charge in [-0.15, -0.1) is 0 Å². The van der Waals surface area contributed by atoms with Gasteiger partial charge in [0.05, 0.1) is 5.41 Å². The Hall–Kier alpha value is -0.820. The molecular weight excluding hydrogens is 275 g/mol. The average Bonchev–Trinajstić information content (AvgIpc) is 2.72. The van der Waals surface area contributed by atoms with Gasteiger partial charge in [-0.05, 0) is 25.3 Å². The molecule has 1 atom stereocenters. The van der Waals surface area contributed by atoms with Gasteiger partial charge in [0.2, 0.25) is 0 Å². The van der Waals surface area contributed by atoms with Gasteiger partial charge in [-0.25, -0.2) is 0 Å². The predicted molar refractivity (Wildman–Crippen MR) is 67.5 cm³/mol. The Morgan fingerprint density at radius 3 is 2.55 bits per heavy atom. The van der Waals surface area contributed by atoms with Gasteiger partial charge in [-0.3, -0.25) is 4.79 Å². The van der Waals surface area contributed by atoms with Crippen LogP contribution in [0.15, 0.2) is 0 Å². The number of nitrogens with zero attached hydrogens (tertiary/aromatic N) is 1. The van der Waals surface area contributed by atoms with E-state index in [4.69, 9.17) is 0 Å². The highest BCUT2D eigenvalue weighted by Gasteiger charge is 2.46. The average molecular weight is 297 g/mol. The first-order valence-electron chi connectivity index (χ1n) is 6.77. The summed E-state index contributed by atoms with van der Waals surface area (Å²) in [4.78, 5) is 13.4. The fourth-order valence-corrected chi connectivity index (χ4v) is 2.58. The van der Waals surface area contributed by atoms with Gasteiger partial charge >= 0.3 is 12.1 Å². The fraction of sp³-hybridized carbons (Fsp3) is 0.923. The van der Waals surface area contributed by atoms with Crippen LogP contribution in [-0.4, -0.2) is 55.0 Å². The third-order valence-electron chi connectivity index (χ3n) is 3.94. The lowest BCUT2D eigenvalue weighted by Crippen LogP contribution is -2.39. The second-order valence-corrected chi connectivity index (χ2v) is 5.66. The van der Waals surface area contributed by atoms with Crippen molar-refractivity contribution in [1.82, 2.24) is 4.90 Å². The van der Waals surface area contributed by atoms with E-state index in [0.717, 1.165) is 0 Å². The Balaban J connectivity index is 2.29. The highest BCUT2D eigenvalue weighted by atomic mass is 19.4. The van der Waals surface area contributed by atoms with Crippen molar-refractivity contribution in [3.63, 3.8) is 0 Å². The minimum atomic E-state index is -4.29. The smallest absolute Gasteiger partial charge is 0.411 e. The molecule has 0 saturated carbocycles. The second kappa shape index (κ2) is 6.76. The lowest BCUT2D eigenvalue weighted by Gasteiger charge is -2.28. The maximum Gasteiger partial charge on any atom is 0.411 e. The molecule has 1 aliphatic rings. The SMILES string of the molecule is CC(C)C1(C(=O)O)CCN(CCCOCC(F)(F)F)C1. The van der Waals surface area contributed by atoms with Crippen LogP contribution < -0.4 is 0 Å². The Kier molecular flexibility index (Phi) is 5.82. The van der Waals surface area contributed by atoms with E-state index in [1.165, 1.54) is 0 Å². The summed E-state index contributed by atoms with van der Waals surface area (Å²) >= 11 is 0. The molecule has 1 unspecified atom stereocenters. The van der Waals surface area contributed by atoms with Crippen molar-refractivity contribution in [1.29, 1.82) is 0 Å². The van der Waals surface area contributed by atoms with Crippen molar-refractivity contribution in [2.24, 2.45) is 11.3 Å². The van der Waals surface area contributed by atoms with Crippen LogP contribution in [0, 0.1) is 11.3 Å². The number of aliphatic carboxylic acids is 1. The van der Waals surface area contributed by atoms with E-state index in [2.05, 4.69) is 4.74 Å². The molecule has 1 N–H and O–H groups in total. The number of likely N-dealkylation sites (tertiary alicyclic amines) is 1. The topological polar surface area (TPSA) is 49.8 Å². The quantitative estimate of drug-likeness (QED) is 0.733. The molecule has 1 fully saturated rings. The minimum absolute atomic E-state index is 0.0338. The Labute approximate surface area is 116 Å². The largest absolute Gasteiger partial charge is 0.481 e. The molecule has 0 aromatic heterocycles. The van der Waals surface area contributed by atoms with Crippen molar-refractivity contribution in [3.05, 3.63) is 0 Å². The van der Waals surface area contributed by atoms with E-state index in [9.17, 15) is 23.1 Å². The fourth-order valence-electron chi connectivity index (χ4n) is 2.58. The summed E-state index contributed by atoms with van der Waals surface area (Å²) in [6.07, 6.45) is -3.23. The Bertz CT molecular complexity index is 333. The molecular formula is C13H22F3NO3. The lowest BCUT2D eigenvalue weighted by atomic mass is 9.76. The van der Waals surface area contributed by atoms with Crippen LogP contribution >= 0.6 is 0 Å². The van der Waals surface area contributed by atoms with Crippen LogP contribution in [0.5, 0.6) is 0 Å². The third kappa shape index (κ3) is 4.63. The number of carbonyl (C=O) groups is 1. The van der Waals surface area contributed by atoms with E-state index < -0.39 is 24.2 Å². The summed E-state index contributed by atoms with van der Waals surface area (Å²) in [7, 11) is 0. The van der Waals surface area contributed by atoms with Crippen molar-refractivity contribution >= 4 is 5.97 Å². The number of carboxylic acids is 1. The predicted octanol–water partition coefficient (Wildman–Crippen LogP) is 2.39. The minimum Gasteiger partial charge on any atom is -0.481 e. The normalized spacial score (nSPS) is 24.5. The zero-order valence-electron chi connectivity index (χ0n) is 11.9. The van der Waals surface area contributed by atoms with Crippen LogP contribution in [0.3, 0.4) is 0 Å². The molecule has 0 bridgehead atoms. The molecule has 20 heavy (non-hydrogen) atoms. The van der Waals surface area contributed by atoms with Crippen molar-refractivity contribution in [2.45, 2.75) is 32.9 Å². The summed E-state index contributed by atoms with van der Waals surface area (Å²) in [5.74, 6) is -0.755. The third-order valence-corrected chi connectivity index (χ3v) is 3.94. The van der Waals surface area contributed by atoms with E-state index in [-0.39, 0.29) is 12.5 Å². The molecule has 0 radical (unpaired) electrons. The van der Waals surface area contributed by atoms with Crippen LogP contribution in [0.4, 0.5) is 13.2 Å². The van der Waals surface area contributed by atoms with Crippen molar-refractivity contribution in [2.75, 3.05) is 32.8 Å². The summed E-state index contributed by atoms with van der Waals surface area (Å²) in [5, 5.41) is 9.37. The molecule has 1 rings (SSSR count). The molecule has 1 saturated heterocycles. The zero-order valence-corrected chi connectivity index (χ0v) is 11.9. The first kappa shape index (κ1) is 17.2. The molecule has 1 heterocycles. The molecule has 0 spiro atoms. The van der Waals surface area contributed by atoms with Gasteiger partial charge in [0, 0.05) is 19.7 Å². The summed E-state index contributed by atoms with van der Waals surface area (Å²) < 4.78 is 40.1. The zero-order chi connectivity index (χ0) is 15.4. The molecule has 0 aromatic rings. The molecule has 0 aliphatic carbocycles. The number of carboxylic acid groups (broad SMARTS) is 1. The first-order chi connectivity index (χ1) is 9.17.